The molecule has 35 heavy (non-hydrogen) atoms. The van der Waals surface area contributed by atoms with Gasteiger partial charge in [0, 0.05) is 19.1 Å². The van der Waals surface area contributed by atoms with E-state index in [9.17, 15) is 14.4 Å². The Kier molecular flexibility index (Phi) is 8.87. The van der Waals surface area contributed by atoms with Gasteiger partial charge in [-0.3, -0.25) is 19.1 Å². The summed E-state index contributed by atoms with van der Waals surface area (Å²) in [5.41, 5.74) is 6.26. The van der Waals surface area contributed by atoms with E-state index in [1.54, 1.807) is 0 Å². The average molecular weight is 480 g/mol. The molecule has 0 radical (unpaired) electrons. The molecule has 1 amide bonds. The molecule has 2 aromatic carbocycles. The van der Waals surface area contributed by atoms with Gasteiger partial charge in [0.05, 0.1) is 6.54 Å². The first-order valence-corrected chi connectivity index (χ1v) is 12.4. The Morgan fingerprint density at radius 3 is 2.54 bits per heavy atom. The molecule has 0 saturated carbocycles. The van der Waals surface area contributed by atoms with Crippen LogP contribution >= 0.6 is 0 Å². The van der Waals surface area contributed by atoms with E-state index in [0.29, 0.717) is 25.4 Å². The Hall–Kier alpha value is -3.39. The summed E-state index contributed by atoms with van der Waals surface area (Å²) < 4.78 is 1.35. The molecule has 3 rings (SSSR count). The first-order valence-electron chi connectivity index (χ1n) is 12.4. The SMILES string of the molecule is CCCCn1c(N)c(N(CCC(C)C)C(=O)CN[C@@H](C)c2cccc3ccccc23)c(=O)[nH]c1=O. The Morgan fingerprint density at radius 1 is 1.11 bits per heavy atom. The van der Waals surface area contributed by atoms with E-state index in [4.69, 9.17) is 5.73 Å². The van der Waals surface area contributed by atoms with E-state index in [2.05, 4.69) is 42.3 Å². The Labute approximate surface area is 206 Å². The van der Waals surface area contributed by atoms with Gasteiger partial charge < -0.3 is 16.0 Å². The van der Waals surface area contributed by atoms with Crippen molar-refractivity contribution in [2.75, 3.05) is 23.7 Å². The van der Waals surface area contributed by atoms with Crippen LogP contribution in [-0.2, 0) is 11.3 Å². The number of nitrogens with two attached hydrogens (primary N) is 1. The highest BCUT2D eigenvalue weighted by molar-refractivity contribution is 5.97. The number of hydrogen-bond donors (Lipinski definition) is 3. The summed E-state index contributed by atoms with van der Waals surface area (Å²) in [5.74, 6) is 0.0844. The minimum Gasteiger partial charge on any atom is -0.383 e. The lowest BCUT2D eigenvalue weighted by Crippen LogP contribution is -2.45. The summed E-state index contributed by atoms with van der Waals surface area (Å²) in [6.07, 6.45) is 2.30. The molecule has 0 aliphatic heterocycles. The molecule has 1 atom stereocenters. The zero-order valence-corrected chi connectivity index (χ0v) is 21.1. The number of benzene rings is 2. The number of fused-ring (bicyclic) bond motifs is 1. The first kappa shape index (κ1) is 26.2. The molecule has 188 valence electrons. The highest BCUT2D eigenvalue weighted by Gasteiger charge is 2.24. The number of anilines is 2. The van der Waals surface area contributed by atoms with E-state index >= 15 is 0 Å². The molecule has 0 spiro atoms. The Balaban J connectivity index is 1.88. The van der Waals surface area contributed by atoms with E-state index < -0.39 is 11.2 Å². The minimum atomic E-state index is -0.639. The van der Waals surface area contributed by atoms with Crippen molar-refractivity contribution in [3.63, 3.8) is 0 Å². The topological polar surface area (TPSA) is 113 Å². The molecule has 4 N–H and O–H groups in total. The number of H-pyrrole nitrogens is 1. The van der Waals surface area contributed by atoms with Gasteiger partial charge in [-0.1, -0.05) is 69.7 Å². The molecule has 3 aromatic rings. The second kappa shape index (κ2) is 11.8. The van der Waals surface area contributed by atoms with Crippen LogP contribution in [0.5, 0.6) is 0 Å². The maximum absolute atomic E-state index is 13.4. The van der Waals surface area contributed by atoms with Gasteiger partial charge in [0.25, 0.3) is 5.56 Å². The normalized spacial score (nSPS) is 12.3. The highest BCUT2D eigenvalue weighted by atomic mass is 16.2. The number of hydrogen-bond acceptors (Lipinski definition) is 5. The largest absolute Gasteiger partial charge is 0.383 e. The van der Waals surface area contributed by atoms with Gasteiger partial charge in [-0.2, -0.15) is 0 Å². The van der Waals surface area contributed by atoms with Gasteiger partial charge in [-0.15, -0.1) is 0 Å². The molecule has 1 heterocycles. The van der Waals surface area contributed by atoms with Gasteiger partial charge in [0.15, 0.2) is 5.69 Å². The number of rotatable bonds is 11. The maximum Gasteiger partial charge on any atom is 0.330 e. The molecular formula is C27H37N5O3. The van der Waals surface area contributed by atoms with Crippen molar-refractivity contribution in [3.8, 4) is 0 Å². The number of unbranched alkanes of at least 4 members (excludes halogenated alkanes) is 1. The van der Waals surface area contributed by atoms with Gasteiger partial charge >= 0.3 is 5.69 Å². The monoisotopic (exact) mass is 479 g/mol. The third-order valence-electron chi connectivity index (χ3n) is 6.30. The van der Waals surface area contributed by atoms with Gasteiger partial charge in [0.1, 0.15) is 5.82 Å². The van der Waals surface area contributed by atoms with Crippen LogP contribution in [0.2, 0.25) is 0 Å². The van der Waals surface area contributed by atoms with Crippen molar-refractivity contribution in [3.05, 3.63) is 68.9 Å². The molecular weight excluding hydrogens is 442 g/mol. The number of nitrogen functional groups attached to an aromatic ring is 1. The molecule has 0 unspecified atom stereocenters. The molecule has 0 bridgehead atoms. The fourth-order valence-electron chi connectivity index (χ4n) is 4.20. The molecule has 0 saturated heterocycles. The lowest BCUT2D eigenvalue weighted by atomic mass is 10.00. The summed E-state index contributed by atoms with van der Waals surface area (Å²) in [7, 11) is 0. The van der Waals surface area contributed by atoms with E-state index in [1.807, 2.05) is 38.1 Å². The van der Waals surface area contributed by atoms with Crippen LogP contribution in [0.25, 0.3) is 10.8 Å². The van der Waals surface area contributed by atoms with E-state index in [1.165, 1.54) is 9.47 Å². The molecule has 0 fully saturated rings. The Bertz CT molecular complexity index is 1270. The zero-order chi connectivity index (χ0) is 25.5. The fraction of sp³-hybridized carbons (Fsp3) is 0.444. The standard InChI is InChI=1S/C27H37N5O3/c1-5-6-15-32-25(28)24(26(34)30-27(32)35)31(16-14-18(2)3)23(33)17-29-19(4)21-13-9-11-20-10-7-8-12-22(20)21/h7-13,18-19,29H,5-6,14-17,28H2,1-4H3,(H,30,34,35)/t19-/m0/s1. The average Bonchev–Trinajstić information content (AvgIpc) is 2.83. The number of nitrogens with zero attached hydrogens (tertiary/aromatic N) is 2. The summed E-state index contributed by atoms with van der Waals surface area (Å²) in [6.45, 7) is 8.87. The van der Waals surface area contributed by atoms with Crippen LogP contribution in [-0.4, -0.2) is 28.5 Å². The lowest BCUT2D eigenvalue weighted by Gasteiger charge is -2.26. The van der Waals surface area contributed by atoms with Crippen LogP contribution in [0.1, 0.15) is 58.6 Å². The van der Waals surface area contributed by atoms with Crippen molar-refractivity contribution in [1.82, 2.24) is 14.9 Å². The van der Waals surface area contributed by atoms with E-state index in [-0.39, 0.29) is 30.0 Å². The van der Waals surface area contributed by atoms with Crippen LogP contribution < -0.4 is 27.2 Å². The third kappa shape index (κ3) is 6.19. The number of carbonyl (C=O) groups is 1. The summed E-state index contributed by atoms with van der Waals surface area (Å²) in [6, 6.07) is 14.2. The van der Waals surface area contributed by atoms with Crippen LogP contribution in [0.15, 0.2) is 52.1 Å². The van der Waals surface area contributed by atoms with Crippen LogP contribution in [0, 0.1) is 5.92 Å². The second-order valence-corrected chi connectivity index (χ2v) is 9.40. The zero-order valence-electron chi connectivity index (χ0n) is 21.1. The smallest absolute Gasteiger partial charge is 0.330 e. The van der Waals surface area contributed by atoms with Crippen LogP contribution in [0.3, 0.4) is 0 Å². The van der Waals surface area contributed by atoms with Gasteiger partial charge in [-0.25, -0.2) is 4.79 Å². The maximum atomic E-state index is 13.4. The quantitative estimate of drug-likeness (QED) is 0.387. The number of carbonyl (C=O) groups excluding carboxylic acids is 1. The number of amides is 1. The van der Waals surface area contributed by atoms with Crippen LogP contribution in [0.4, 0.5) is 11.5 Å². The summed E-state index contributed by atoms with van der Waals surface area (Å²) >= 11 is 0. The summed E-state index contributed by atoms with van der Waals surface area (Å²) in [5, 5.41) is 5.58. The fourth-order valence-corrected chi connectivity index (χ4v) is 4.20. The molecule has 0 aliphatic rings. The van der Waals surface area contributed by atoms with Gasteiger partial charge in [-0.05, 0) is 42.0 Å². The number of aromatic nitrogens is 2. The predicted molar refractivity (Wildman–Crippen MR) is 143 cm³/mol. The number of nitrogens with one attached hydrogen (secondary N) is 2. The second-order valence-electron chi connectivity index (χ2n) is 9.40. The van der Waals surface area contributed by atoms with Gasteiger partial charge in [0.2, 0.25) is 5.91 Å². The first-order chi connectivity index (χ1) is 16.7. The van der Waals surface area contributed by atoms with Crippen molar-refractivity contribution < 1.29 is 4.79 Å². The van der Waals surface area contributed by atoms with Crippen molar-refractivity contribution in [1.29, 1.82) is 0 Å². The van der Waals surface area contributed by atoms with Crippen molar-refractivity contribution >= 4 is 28.2 Å². The third-order valence-corrected chi connectivity index (χ3v) is 6.30. The number of aromatic amines is 1. The minimum absolute atomic E-state index is 0.0233. The van der Waals surface area contributed by atoms with E-state index in [0.717, 1.165) is 29.2 Å². The van der Waals surface area contributed by atoms with Crippen molar-refractivity contribution in [2.45, 2.75) is 59.5 Å². The predicted octanol–water partition coefficient (Wildman–Crippen LogP) is 3.80. The molecule has 1 aromatic heterocycles. The summed E-state index contributed by atoms with van der Waals surface area (Å²) in [4.78, 5) is 42.4. The molecule has 0 aliphatic carbocycles. The lowest BCUT2D eigenvalue weighted by molar-refractivity contribution is -0.118. The van der Waals surface area contributed by atoms with Crippen molar-refractivity contribution in [2.24, 2.45) is 5.92 Å². The molecule has 8 nitrogen and oxygen atoms in total. The molecule has 8 heteroatoms. The highest BCUT2D eigenvalue weighted by Crippen LogP contribution is 2.24. The Morgan fingerprint density at radius 2 is 1.83 bits per heavy atom.